The first-order chi connectivity index (χ1) is 6.23. The van der Waals surface area contributed by atoms with E-state index in [0.29, 0.717) is 13.2 Å². The van der Waals surface area contributed by atoms with Gasteiger partial charge in [0, 0.05) is 0 Å². The molecule has 3 rings (SSSR count). The van der Waals surface area contributed by atoms with Crippen LogP contribution < -0.4 is 5.32 Å². The fraction of sp³-hybridized carbons (Fsp3) is 1.00. The van der Waals surface area contributed by atoms with E-state index < -0.39 is 5.97 Å². The van der Waals surface area contributed by atoms with Crippen LogP contribution in [0.1, 0.15) is 19.8 Å². The molecule has 0 aromatic rings. The van der Waals surface area contributed by atoms with Crippen LogP contribution in [-0.2, 0) is 14.2 Å². The molecular weight excluding hydrogens is 170 g/mol. The van der Waals surface area contributed by atoms with Gasteiger partial charge in [-0.3, -0.25) is 0 Å². The molecule has 0 amide bonds. The van der Waals surface area contributed by atoms with E-state index >= 15 is 0 Å². The summed E-state index contributed by atoms with van der Waals surface area (Å²) < 4.78 is 17.1. The summed E-state index contributed by atoms with van der Waals surface area (Å²) in [6.45, 7) is 4.40. The van der Waals surface area contributed by atoms with Crippen molar-refractivity contribution in [3.8, 4) is 0 Å². The molecule has 0 spiro atoms. The van der Waals surface area contributed by atoms with Crippen LogP contribution in [0.15, 0.2) is 0 Å². The van der Waals surface area contributed by atoms with E-state index in [4.69, 9.17) is 14.2 Å². The Labute approximate surface area is 77.5 Å². The maximum Gasteiger partial charge on any atom is 0.300 e. The summed E-state index contributed by atoms with van der Waals surface area (Å²) >= 11 is 0. The molecule has 3 saturated heterocycles. The first-order valence-corrected chi connectivity index (χ1v) is 4.94. The van der Waals surface area contributed by atoms with Crippen LogP contribution in [0.2, 0.25) is 0 Å². The van der Waals surface area contributed by atoms with Crippen molar-refractivity contribution in [3.05, 3.63) is 0 Å². The Morgan fingerprint density at radius 3 is 2.54 bits per heavy atom. The maximum absolute atomic E-state index is 5.82. The second kappa shape index (κ2) is 2.45. The number of nitrogens with one attached hydrogen (secondary N) is 1. The summed E-state index contributed by atoms with van der Waals surface area (Å²) in [6.07, 6.45) is 2.26. The van der Waals surface area contributed by atoms with Gasteiger partial charge in [-0.2, -0.15) is 0 Å². The summed E-state index contributed by atoms with van der Waals surface area (Å²) in [5.41, 5.74) is -0.204. The van der Waals surface area contributed by atoms with Gasteiger partial charge in [0.05, 0.1) is 19.3 Å². The third-order valence-corrected chi connectivity index (χ3v) is 3.03. The predicted molar refractivity (Wildman–Crippen MR) is 45.1 cm³/mol. The van der Waals surface area contributed by atoms with Crippen LogP contribution in [0.25, 0.3) is 0 Å². The van der Waals surface area contributed by atoms with Crippen molar-refractivity contribution in [2.24, 2.45) is 0 Å². The molecule has 13 heavy (non-hydrogen) atoms. The average Bonchev–Trinajstić information content (AvgIpc) is 2.74. The van der Waals surface area contributed by atoms with Gasteiger partial charge in [-0.25, -0.2) is 0 Å². The summed E-state index contributed by atoms with van der Waals surface area (Å²) in [7, 11) is 0. The fourth-order valence-electron chi connectivity index (χ4n) is 2.31. The van der Waals surface area contributed by atoms with Crippen molar-refractivity contribution in [1.82, 2.24) is 5.32 Å². The molecule has 1 atom stereocenters. The highest BCUT2D eigenvalue weighted by atomic mass is 16.9. The lowest BCUT2D eigenvalue weighted by Gasteiger charge is -2.29. The molecule has 0 saturated carbocycles. The zero-order valence-electron chi connectivity index (χ0n) is 7.84. The van der Waals surface area contributed by atoms with E-state index in [1.165, 1.54) is 6.42 Å². The Morgan fingerprint density at radius 2 is 2.08 bits per heavy atom. The molecule has 1 N–H and O–H groups in total. The largest absolute Gasteiger partial charge is 0.323 e. The van der Waals surface area contributed by atoms with E-state index in [1.807, 2.05) is 6.92 Å². The van der Waals surface area contributed by atoms with Gasteiger partial charge in [-0.15, -0.1) is 0 Å². The number of hydrogen-bond donors (Lipinski definition) is 1. The van der Waals surface area contributed by atoms with Crippen LogP contribution in [0.3, 0.4) is 0 Å². The molecule has 74 valence electrons. The van der Waals surface area contributed by atoms with E-state index in [2.05, 4.69) is 5.32 Å². The highest BCUT2D eigenvalue weighted by molar-refractivity contribution is 4.97. The van der Waals surface area contributed by atoms with Gasteiger partial charge in [0.15, 0.2) is 0 Å². The lowest BCUT2D eigenvalue weighted by molar-refractivity contribution is -0.312. The minimum atomic E-state index is -0.759. The SMILES string of the molecule is CC12COC(C3CCCN3)(OC1)O2. The highest BCUT2D eigenvalue weighted by Gasteiger charge is 2.60. The maximum atomic E-state index is 5.82. The molecule has 0 aromatic heterocycles. The molecule has 0 aliphatic carbocycles. The summed E-state index contributed by atoms with van der Waals surface area (Å²) in [6, 6.07) is 0.219. The van der Waals surface area contributed by atoms with Crippen molar-refractivity contribution in [2.45, 2.75) is 37.4 Å². The second-order valence-corrected chi connectivity index (χ2v) is 4.38. The molecule has 0 aromatic carbocycles. The third-order valence-electron chi connectivity index (χ3n) is 3.03. The molecule has 4 nitrogen and oxygen atoms in total. The van der Waals surface area contributed by atoms with Gasteiger partial charge in [0.2, 0.25) is 0 Å². The van der Waals surface area contributed by atoms with Crippen LogP contribution in [0.5, 0.6) is 0 Å². The number of ether oxygens (including phenoxy) is 3. The van der Waals surface area contributed by atoms with Crippen LogP contribution >= 0.6 is 0 Å². The zero-order chi connectivity index (χ0) is 8.94. The average molecular weight is 185 g/mol. The third kappa shape index (κ3) is 1.06. The van der Waals surface area contributed by atoms with Gasteiger partial charge < -0.3 is 19.5 Å². The van der Waals surface area contributed by atoms with Gasteiger partial charge in [0.1, 0.15) is 5.60 Å². The second-order valence-electron chi connectivity index (χ2n) is 4.38. The molecule has 0 radical (unpaired) electrons. The highest BCUT2D eigenvalue weighted by Crippen LogP contribution is 2.43. The molecule has 2 bridgehead atoms. The van der Waals surface area contributed by atoms with Crippen LogP contribution in [-0.4, -0.2) is 37.4 Å². The van der Waals surface area contributed by atoms with Gasteiger partial charge in [-0.1, -0.05) is 0 Å². The molecule has 3 aliphatic rings. The Morgan fingerprint density at radius 1 is 1.31 bits per heavy atom. The van der Waals surface area contributed by atoms with E-state index in [-0.39, 0.29) is 11.6 Å². The van der Waals surface area contributed by atoms with Crippen molar-refractivity contribution < 1.29 is 14.2 Å². The lowest BCUT2D eigenvalue weighted by Crippen LogP contribution is -2.49. The molecule has 4 heteroatoms. The quantitative estimate of drug-likeness (QED) is 0.634. The van der Waals surface area contributed by atoms with Crippen molar-refractivity contribution in [1.29, 1.82) is 0 Å². The zero-order valence-corrected chi connectivity index (χ0v) is 7.84. The fourth-order valence-corrected chi connectivity index (χ4v) is 2.31. The Kier molecular flexibility index (Phi) is 1.54. The summed E-state index contributed by atoms with van der Waals surface area (Å²) in [5, 5.41) is 3.36. The van der Waals surface area contributed by atoms with Crippen molar-refractivity contribution >= 4 is 0 Å². The molecule has 3 heterocycles. The Hall–Kier alpha value is -0.160. The molecule has 1 unspecified atom stereocenters. The van der Waals surface area contributed by atoms with Crippen LogP contribution in [0.4, 0.5) is 0 Å². The monoisotopic (exact) mass is 185 g/mol. The molecular formula is C9H15NO3. The smallest absolute Gasteiger partial charge is 0.300 e. The van der Waals surface area contributed by atoms with Crippen molar-refractivity contribution in [3.63, 3.8) is 0 Å². The van der Waals surface area contributed by atoms with Gasteiger partial charge in [0.25, 0.3) is 5.97 Å². The van der Waals surface area contributed by atoms with E-state index in [0.717, 1.165) is 13.0 Å². The lowest BCUT2D eigenvalue weighted by atomic mass is 10.1. The molecule has 3 fully saturated rings. The number of fused-ring (bicyclic) bond motifs is 2. The van der Waals surface area contributed by atoms with E-state index in [1.54, 1.807) is 0 Å². The number of hydrogen-bond acceptors (Lipinski definition) is 4. The van der Waals surface area contributed by atoms with Crippen molar-refractivity contribution in [2.75, 3.05) is 19.8 Å². The standard InChI is InChI=1S/C9H15NO3/c1-8-5-11-9(13-8,12-6-8)7-3-2-4-10-7/h7,10H,2-6H2,1H3. The Balaban J connectivity index is 1.82. The number of rotatable bonds is 1. The van der Waals surface area contributed by atoms with Crippen LogP contribution in [0, 0.1) is 0 Å². The summed E-state index contributed by atoms with van der Waals surface area (Å²) in [5.74, 6) is -0.759. The van der Waals surface area contributed by atoms with Gasteiger partial charge in [-0.05, 0) is 26.3 Å². The topological polar surface area (TPSA) is 39.7 Å². The molecule has 3 aliphatic heterocycles. The first-order valence-electron chi connectivity index (χ1n) is 4.94. The van der Waals surface area contributed by atoms with E-state index in [9.17, 15) is 0 Å². The normalized spacial score (nSPS) is 54.7. The predicted octanol–water partition coefficient (Wildman–Crippen LogP) is 0.228. The minimum absolute atomic E-state index is 0.204. The Bertz CT molecular complexity index is 217. The summed E-state index contributed by atoms with van der Waals surface area (Å²) in [4.78, 5) is 0. The minimum Gasteiger partial charge on any atom is -0.323 e. The first kappa shape index (κ1) is 8.17. The van der Waals surface area contributed by atoms with Gasteiger partial charge >= 0.3 is 0 Å².